The fourth-order valence-corrected chi connectivity index (χ4v) is 3.41. The highest BCUT2D eigenvalue weighted by Gasteiger charge is 2.28. The Morgan fingerprint density at radius 3 is 2.31 bits per heavy atom. The van der Waals surface area contributed by atoms with Gasteiger partial charge in [0, 0.05) is 13.1 Å². The Balaban J connectivity index is 2.23. The van der Waals surface area contributed by atoms with Gasteiger partial charge in [0.05, 0.1) is 6.42 Å². The molecule has 4 heteroatoms. The number of benzene rings is 2. The van der Waals surface area contributed by atoms with Gasteiger partial charge in [0.25, 0.3) is 0 Å². The van der Waals surface area contributed by atoms with Crippen LogP contribution in [0.25, 0.3) is 0 Å². The van der Waals surface area contributed by atoms with Gasteiger partial charge in [-0.2, -0.15) is 0 Å². The molecule has 0 aliphatic rings. The predicted octanol–water partition coefficient (Wildman–Crippen LogP) is 4.57. The van der Waals surface area contributed by atoms with Crippen molar-refractivity contribution in [2.75, 3.05) is 6.54 Å². The molecule has 0 saturated carbocycles. The second-order valence-corrected chi connectivity index (χ2v) is 7.74. The van der Waals surface area contributed by atoms with Gasteiger partial charge in [0.2, 0.25) is 11.8 Å². The summed E-state index contributed by atoms with van der Waals surface area (Å²) in [5, 5.41) is 3.01. The molecule has 0 saturated heterocycles. The smallest absolute Gasteiger partial charge is 0.242 e. The van der Waals surface area contributed by atoms with E-state index in [1.807, 2.05) is 63.2 Å². The average Bonchev–Trinajstić information content (AvgIpc) is 2.70. The first-order valence-electron chi connectivity index (χ1n) is 10.6. The lowest BCUT2D eigenvalue weighted by atomic mass is 10.0. The molecule has 2 rings (SSSR count). The topological polar surface area (TPSA) is 49.4 Å². The van der Waals surface area contributed by atoms with E-state index in [4.69, 9.17) is 0 Å². The fourth-order valence-electron chi connectivity index (χ4n) is 3.41. The Morgan fingerprint density at radius 2 is 1.69 bits per heavy atom. The molecule has 156 valence electrons. The van der Waals surface area contributed by atoms with Gasteiger partial charge in [0.1, 0.15) is 6.04 Å². The molecule has 4 nitrogen and oxygen atoms in total. The Labute approximate surface area is 175 Å². The monoisotopic (exact) mass is 394 g/mol. The van der Waals surface area contributed by atoms with Crippen LogP contribution in [-0.2, 0) is 22.6 Å². The van der Waals surface area contributed by atoms with E-state index in [9.17, 15) is 9.59 Å². The van der Waals surface area contributed by atoms with Gasteiger partial charge >= 0.3 is 0 Å². The number of unbranched alkanes of at least 4 members (excludes halogenated alkanes) is 1. The highest BCUT2D eigenvalue weighted by molar-refractivity contribution is 5.88. The lowest BCUT2D eigenvalue weighted by molar-refractivity contribution is -0.140. The molecule has 0 heterocycles. The fraction of sp³-hybridized carbons (Fsp3) is 0.440. The van der Waals surface area contributed by atoms with E-state index in [-0.39, 0.29) is 11.8 Å². The minimum Gasteiger partial charge on any atom is -0.354 e. The molecule has 2 aromatic rings. The summed E-state index contributed by atoms with van der Waals surface area (Å²) in [6, 6.07) is 15.7. The van der Waals surface area contributed by atoms with Crippen LogP contribution in [0.1, 0.15) is 55.4 Å². The molecular formula is C25H34N2O2. The number of amides is 2. The number of hydrogen-bond acceptors (Lipinski definition) is 2. The molecule has 29 heavy (non-hydrogen) atoms. The highest BCUT2D eigenvalue weighted by Crippen LogP contribution is 2.16. The maximum absolute atomic E-state index is 13.3. The number of carbonyl (C=O) groups is 2. The zero-order chi connectivity index (χ0) is 21.2. The highest BCUT2D eigenvalue weighted by atomic mass is 16.2. The Bertz CT molecular complexity index is 799. The van der Waals surface area contributed by atoms with Crippen molar-refractivity contribution in [1.82, 2.24) is 10.2 Å². The summed E-state index contributed by atoms with van der Waals surface area (Å²) in [4.78, 5) is 27.9. The maximum Gasteiger partial charge on any atom is 0.242 e. The molecule has 2 aromatic carbocycles. The summed E-state index contributed by atoms with van der Waals surface area (Å²) in [7, 11) is 0. The molecule has 0 unspecified atom stereocenters. The van der Waals surface area contributed by atoms with Crippen LogP contribution < -0.4 is 5.32 Å². The van der Waals surface area contributed by atoms with Crippen LogP contribution in [0.4, 0.5) is 0 Å². The minimum absolute atomic E-state index is 0.0205. The van der Waals surface area contributed by atoms with Crippen molar-refractivity contribution in [2.24, 2.45) is 0 Å². The van der Waals surface area contributed by atoms with Crippen molar-refractivity contribution >= 4 is 11.8 Å². The number of carbonyl (C=O) groups excluding carboxylic acids is 2. The maximum atomic E-state index is 13.3. The minimum atomic E-state index is -0.467. The van der Waals surface area contributed by atoms with E-state index in [1.165, 1.54) is 5.56 Å². The number of rotatable bonds is 10. The third-order valence-corrected chi connectivity index (χ3v) is 5.13. The average molecular weight is 395 g/mol. The third-order valence-electron chi connectivity index (χ3n) is 5.13. The molecule has 0 spiro atoms. The standard InChI is InChI=1S/C25H34N2O2/c1-5-7-15-26-25(29)23(6-2)27(18-22-10-8-9-20(4)16-22)24(28)17-21-13-11-19(3)12-14-21/h8-14,16,23H,5-7,15,17-18H2,1-4H3,(H,26,29)/t23-/m1/s1. The molecule has 0 radical (unpaired) electrons. The first kappa shape index (κ1) is 22.7. The summed E-state index contributed by atoms with van der Waals surface area (Å²) in [6.07, 6.45) is 2.85. The van der Waals surface area contributed by atoms with E-state index >= 15 is 0 Å². The summed E-state index contributed by atoms with van der Waals surface area (Å²) in [6.45, 7) is 9.22. The molecule has 0 aliphatic heterocycles. The molecule has 1 atom stereocenters. The zero-order valence-electron chi connectivity index (χ0n) is 18.2. The van der Waals surface area contributed by atoms with Crippen molar-refractivity contribution in [3.63, 3.8) is 0 Å². The summed E-state index contributed by atoms with van der Waals surface area (Å²) >= 11 is 0. The van der Waals surface area contributed by atoms with Gasteiger partial charge in [0.15, 0.2) is 0 Å². The van der Waals surface area contributed by atoms with Crippen molar-refractivity contribution in [3.8, 4) is 0 Å². The summed E-state index contributed by atoms with van der Waals surface area (Å²) in [5.74, 6) is -0.0845. The lowest BCUT2D eigenvalue weighted by Crippen LogP contribution is -2.49. The quantitative estimate of drug-likeness (QED) is 0.600. The van der Waals surface area contributed by atoms with Crippen LogP contribution in [0.5, 0.6) is 0 Å². The van der Waals surface area contributed by atoms with Crippen LogP contribution in [0.15, 0.2) is 48.5 Å². The van der Waals surface area contributed by atoms with Gasteiger partial charge in [-0.25, -0.2) is 0 Å². The van der Waals surface area contributed by atoms with Crippen LogP contribution in [0.2, 0.25) is 0 Å². The molecule has 0 aromatic heterocycles. The van der Waals surface area contributed by atoms with Crippen LogP contribution >= 0.6 is 0 Å². The van der Waals surface area contributed by atoms with E-state index in [0.29, 0.717) is 25.9 Å². The number of nitrogens with one attached hydrogen (secondary N) is 1. The summed E-state index contributed by atoms with van der Waals surface area (Å²) < 4.78 is 0. The van der Waals surface area contributed by atoms with E-state index in [1.54, 1.807) is 4.90 Å². The zero-order valence-corrected chi connectivity index (χ0v) is 18.2. The van der Waals surface area contributed by atoms with E-state index < -0.39 is 6.04 Å². The SMILES string of the molecule is CCCCNC(=O)[C@@H](CC)N(Cc1cccc(C)c1)C(=O)Cc1ccc(C)cc1. The summed E-state index contributed by atoms with van der Waals surface area (Å²) in [5.41, 5.74) is 4.33. The van der Waals surface area contributed by atoms with Gasteiger partial charge in [-0.15, -0.1) is 0 Å². The van der Waals surface area contributed by atoms with Crippen molar-refractivity contribution in [3.05, 3.63) is 70.8 Å². The molecule has 1 N–H and O–H groups in total. The number of hydrogen-bond donors (Lipinski definition) is 1. The number of aryl methyl sites for hydroxylation is 2. The van der Waals surface area contributed by atoms with Crippen molar-refractivity contribution in [2.45, 2.75) is 66.0 Å². The van der Waals surface area contributed by atoms with Gasteiger partial charge in [-0.3, -0.25) is 9.59 Å². The predicted molar refractivity (Wildman–Crippen MR) is 119 cm³/mol. The largest absolute Gasteiger partial charge is 0.354 e. The van der Waals surface area contributed by atoms with E-state index in [2.05, 4.69) is 18.3 Å². The lowest BCUT2D eigenvalue weighted by Gasteiger charge is -2.31. The van der Waals surface area contributed by atoms with Crippen molar-refractivity contribution < 1.29 is 9.59 Å². The Hall–Kier alpha value is -2.62. The molecule has 0 fully saturated rings. The van der Waals surface area contributed by atoms with Gasteiger partial charge < -0.3 is 10.2 Å². The molecule has 0 bridgehead atoms. The molecule has 2 amide bonds. The number of nitrogens with zero attached hydrogens (tertiary/aromatic N) is 1. The Morgan fingerprint density at radius 1 is 0.966 bits per heavy atom. The normalized spacial score (nSPS) is 11.7. The van der Waals surface area contributed by atoms with Crippen molar-refractivity contribution in [1.29, 1.82) is 0 Å². The Kier molecular flexibility index (Phi) is 8.91. The second kappa shape index (κ2) is 11.4. The van der Waals surface area contributed by atoms with E-state index in [0.717, 1.165) is 29.5 Å². The first-order chi connectivity index (χ1) is 13.9. The first-order valence-corrected chi connectivity index (χ1v) is 10.6. The van der Waals surface area contributed by atoms with Crippen LogP contribution in [-0.4, -0.2) is 29.3 Å². The van der Waals surface area contributed by atoms with Gasteiger partial charge in [-0.05, 0) is 37.8 Å². The van der Waals surface area contributed by atoms with Crippen LogP contribution in [0.3, 0.4) is 0 Å². The molecule has 0 aliphatic carbocycles. The third kappa shape index (κ3) is 7.04. The second-order valence-electron chi connectivity index (χ2n) is 7.74. The molecular weight excluding hydrogens is 360 g/mol. The van der Waals surface area contributed by atoms with Gasteiger partial charge in [-0.1, -0.05) is 79.9 Å². The van der Waals surface area contributed by atoms with Crippen LogP contribution in [0, 0.1) is 13.8 Å².